The number of anilines is 1. The van der Waals surface area contributed by atoms with Crippen molar-refractivity contribution in [1.82, 2.24) is 10.2 Å². The fourth-order valence-electron chi connectivity index (χ4n) is 3.59. The Bertz CT molecular complexity index is 1110. The van der Waals surface area contributed by atoms with Crippen LogP contribution in [0.4, 0.5) is 10.1 Å². The van der Waals surface area contributed by atoms with Crippen molar-refractivity contribution in [1.29, 1.82) is 0 Å². The van der Waals surface area contributed by atoms with E-state index in [1.54, 1.807) is 13.0 Å². The minimum absolute atomic E-state index is 0.00105. The van der Waals surface area contributed by atoms with Crippen LogP contribution in [0.5, 0.6) is 0 Å². The number of carbonyl (C=O) groups is 2. The van der Waals surface area contributed by atoms with Crippen LogP contribution < -0.4 is 9.62 Å². The van der Waals surface area contributed by atoms with Crippen LogP contribution in [-0.4, -0.2) is 50.5 Å². The third-order valence-electron chi connectivity index (χ3n) is 5.51. The Morgan fingerprint density at radius 2 is 1.83 bits per heavy atom. The van der Waals surface area contributed by atoms with Crippen LogP contribution >= 0.6 is 15.9 Å². The van der Waals surface area contributed by atoms with Gasteiger partial charge in [-0.05, 0) is 49.6 Å². The number of sulfonamides is 1. The monoisotopic (exact) mass is 569 g/mol. The quantitative estimate of drug-likeness (QED) is 0.360. The van der Waals surface area contributed by atoms with E-state index in [4.69, 9.17) is 0 Å². The fourth-order valence-corrected chi connectivity index (χ4v) is 5.00. The maximum atomic E-state index is 14.3. The molecule has 0 unspecified atom stereocenters. The predicted octanol–water partition coefficient (Wildman–Crippen LogP) is 4.47. The molecule has 7 nitrogen and oxygen atoms in total. The second kappa shape index (κ2) is 13.6. The molecule has 2 aromatic rings. The lowest BCUT2D eigenvalue weighted by Gasteiger charge is -2.29. The number of unbranched alkanes of at least 4 members (excludes halogenated alkanes) is 1. The van der Waals surface area contributed by atoms with E-state index in [2.05, 4.69) is 21.2 Å². The average molecular weight is 571 g/mol. The average Bonchev–Trinajstić information content (AvgIpc) is 2.80. The maximum absolute atomic E-state index is 14.3. The molecule has 0 aliphatic heterocycles. The Hall–Kier alpha value is -2.46. The zero-order valence-electron chi connectivity index (χ0n) is 20.3. The zero-order valence-corrected chi connectivity index (χ0v) is 22.7. The summed E-state index contributed by atoms with van der Waals surface area (Å²) in [7, 11) is -3.76. The summed E-state index contributed by atoms with van der Waals surface area (Å²) in [5, 5.41) is 2.87. The van der Waals surface area contributed by atoms with E-state index >= 15 is 0 Å². The van der Waals surface area contributed by atoms with Crippen molar-refractivity contribution in [2.75, 3.05) is 23.7 Å². The zero-order chi connectivity index (χ0) is 26.0. The molecule has 0 radical (unpaired) electrons. The Balaban J connectivity index is 2.15. The molecule has 0 bridgehead atoms. The first-order valence-corrected chi connectivity index (χ1v) is 14.2. The van der Waals surface area contributed by atoms with E-state index in [9.17, 15) is 22.4 Å². The molecule has 1 N–H and O–H groups in total. The smallest absolute Gasteiger partial charge is 0.242 e. The Morgan fingerprint density at radius 1 is 1.11 bits per heavy atom. The van der Waals surface area contributed by atoms with Crippen LogP contribution in [0.2, 0.25) is 0 Å². The molecule has 192 valence electrons. The van der Waals surface area contributed by atoms with Crippen LogP contribution in [0, 0.1) is 5.82 Å². The molecule has 2 rings (SSSR count). The van der Waals surface area contributed by atoms with Crippen molar-refractivity contribution in [3.63, 3.8) is 0 Å². The van der Waals surface area contributed by atoms with Crippen molar-refractivity contribution >= 4 is 43.5 Å². The van der Waals surface area contributed by atoms with Gasteiger partial charge in [-0.15, -0.1) is 0 Å². The number of rotatable bonds is 13. The number of carbonyl (C=O) groups excluding carboxylic acids is 2. The van der Waals surface area contributed by atoms with Crippen molar-refractivity contribution in [3.8, 4) is 0 Å². The number of para-hydroxylation sites is 1. The topological polar surface area (TPSA) is 86.8 Å². The molecule has 0 aromatic heterocycles. The summed E-state index contributed by atoms with van der Waals surface area (Å²) in [5.74, 6) is -1.19. The molecule has 0 heterocycles. The second-order valence-corrected chi connectivity index (χ2v) is 11.2. The van der Waals surface area contributed by atoms with Gasteiger partial charge in [0.05, 0.1) is 11.9 Å². The van der Waals surface area contributed by atoms with Crippen molar-refractivity contribution < 1.29 is 22.4 Å². The maximum Gasteiger partial charge on any atom is 0.242 e. The van der Waals surface area contributed by atoms with Crippen molar-refractivity contribution in [3.05, 3.63) is 64.4 Å². The fraction of sp³-hybridized carbons (Fsp3) is 0.440. The van der Waals surface area contributed by atoms with Gasteiger partial charge in [0.2, 0.25) is 21.8 Å². The molecule has 2 amide bonds. The van der Waals surface area contributed by atoms with Crippen LogP contribution in [0.25, 0.3) is 0 Å². The van der Waals surface area contributed by atoms with E-state index in [0.29, 0.717) is 6.54 Å². The van der Waals surface area contributed by atoms with E-state index in [-0.39, 0.29) is 43.4 Å². The van der Waals surface area contributed by atoms with Crippen LogP contribution in [-0.2, 0) is 26.2 Å². The Kier molecular flexibility index (Phi) is 11.2. The SMILES string of the molecule is CCCCNC(=O)[C@@H](C)N(Cc1cccc(Br)c1)C(=O)CCCN(c1ccccc1F)S(C)(=O)=O. The molecule has 1 atom stereocenters. The summed E-state index contributed by atoms with van der Waals surface area (Å²) in [4.78, 5) is 27.4. The normalized spacial score (nSPS) is 12.1. The van der Waals surface area contributed by atoms with Crippen molar-refractivity contribution in [2.45, 2.75) is 52.1 Å². The first-order chi connectivity index (χ1) is 16.5. The van der Waals surface area contributed by atoms with Gasteiger partial charge in [0.15, 0.2) is 0 Å². The first-order valence-electron chi connectivity index (χ1n) is 11.6. The second-order valence-electron chi connectivity index (χ2n) is 8.36. The van der Waals surface area contributed by atoms with Gasteiger partial charge in [-0.1, -0.05) is 53.5 Å². The number of benzene rings is 2. The third-order valence-corrected chi connectivity index (χ3v) is 7.19. The highest BCUT2D eigenvalue weighted by Gasteiger charge is 2.27. The summed E-state index contributed by atoms with van der Waals surface area (Å²) in [6.45, 7) is 4.40. The minimum atomic E-state index is -3.76. The van der Waals surface area contributed by atoms with E-state index in [0.717, 1.165) is 33.4 Å². The lowest BCUT2D eigenvalue weighted by atomic mass is 10.1. The predicted molar refractivity (Wildman–Crippen MR) is 140 cm³/mol. The molecule has 0 saturated heterocycles. The summed E-state index contributed by atoms with van der Waals surface area (Å²) >= 11 is 3.43. The highest BCUT2D eigenvalue weighted by molar-refractivity contribution is 9.10. The standard InChI is InChI=1S/C25H33BrFN3O4S/c1-4-5-15-28-25(32)19(2)29(18-20-10-8-11-21(26)17-20)24(31)14-9-16-30(35(3,33)34)23-13-7-6-12-22(23)27/h6-8,10-13,17,19H,4-5,9,14-16,18H2,1-3H3,(H,28,32)/t19-/m1/s1. The molecule has 35 heavy (non-hydrogen) atoms. The van der Waals surface area contributed by atoms with Gasteiger partial charge < -0.3 is 10.2 Å². The Labute approximate surface area is 215 Å². The van der Waals surface area contributed by atoms with Gasteiger partial charge in [-0.2, -0.15) is 0 Å². The van der Waals surface area contributed by atoms with Crippen molar-refractivity contribution in [2.24, 2.45) is 0 Å². The number of amides is 2. The number of nitrogens with zero attached hydrogens (tertiary/aromatic N) is 2. The van der Waals surface area contributed by atoms with Gasteiger partial charge in [-0.3, -0.25) is 13.9 Å². The minimum Gasteiger partial charge on any atom is -0.354 e. The number of hydrogen-bond acceptors (Lipinski definition) is 4. The molecular weight excluding hydrogens is 537 g/mol. The number of nitrogens with one attached hydrogen (secondary N) is 1. The molecule has 0 aliphatic carbocycles. The van der Waals surface area contributed by atoms with Crippen LogP contribution in [0.15, 0.2) is 53.0 Å². The molecule has 2 aromatic carbocycles. The van der Waals surface area contributed by atoms with Gasteiger partial charge in [0.25, 0.3) is 0 Å². The molecular formula is C25H33BrFN3O4S. The molecule has 0 saturated carbocycles. The lowest BCUT2D eigenvalue weighted by Crippen LogP contribution is -2.48. The van der Waals surface area contributed by atoms with Gasteiger partial charge in [0.1, 0.15) is 11.9 Å². The Morgan fingerprint density at radius 3 is 2.46 bits per heavy atom. The highest BCUT2D eigenvalue weighted by atomic mass is 79.9. The highest BCUT2D eigenvalue weighted by Crippen LogP contribution is 2.22. The number of halogens is 2. The summed E-state index contributed by atoms with van der Waals surface area (Å²) in [6.07, 6.45) is 2.95. The van der Waals surface area contributed by atoms with Crippen LogP contribution in [0.3, 0.4) is 0 Å². The number of hydrogen-bond donors (Lipinski definition) is 1. The van der Waals surface area contributed by atoms with Gasteiger partial charge in [-0.25, -0.2) is 12.8 Å². The van der Waals surface area contributed by atoms with E-state index < -0.39 is 21.9 Å². The van der Waals surface area contributed by atoms with Gasteiger partial charge in [0, 0.05) is 30.5 Å². The largest absolute Gasteiger partial charge is 0.354 e. The van der Waals surface area contributed by atoms with Gasteiger partial charge >= 0.3 is 0 Å². The molecule has 10 heteroatoms. The molecule has 0 aliphatic rings. The van der Waals surface area contributed by atoms with Crippen LogP contribution in [0.1, 0.15) is 45.1 Å². The molecule has 0 spiro atoms. The van der Waals surface area contributed by atoms with E-state index in [1.165, 1.54) is 23.1 Å². The molecule has 0 fully saturated rings. The third kappa shape index (κ3) is 8.92. The first kappa shape index (κ1) is 28.8. The summed E-state index contributed by atoms with van der Waals surface area (Å²) < 4.78 is 40.7. The van der Waals surface area contributed by atoms with E-state index in [1.807, 2.05) is 31.2 Å². The lowest BCUT2D eigenvalue weighted by molar-refractivity contribution is -0.140. The summed E-state index contributed by atoms with van der Waals surface area (Å²) in [6, 6.07) is 12.4. The summed E-state index contributed by atoms with van der Waals surface area (Å²) in [5.41, 5.74) is 0.794.